The molecule has 0 fully saturated rings. The Morgan fingerprint density at radius 2 is 2.21 bits per heavy atom. The Balaban J connectivity index is 2.76. The van der Waals surface area contributed by atoms with Gasteiger partial charge < -0.3 is 0 Å². The van der Waals surface area contributed by atoms with Crippen LogP contribution in [0.3, 0.4) is 0 Å². The van der Waals surface area contributed by atoms with E-state index in [-0.39, 0.29) is 0 Å². The summed E-state index contributed by atoms with van der Waals surface area (Å²) in [5, 5.41) is 0.832. The van der Waals surface area contributed by atoms with Gasteiger partial charge in [0.1, 0.15) is 0 Å². The van der Waals surface area contributed by atoms with Gasteiger partial charge in [0.2, 0.25) is 0 Å². The number of hydrogen-bond donors (Lipinski definition) is 2. The van der Waals surface area contributed by atoms with Gasteiger partial charge in [0, 0.05) is 11.1 Å². The molecule has 0 spiro atoms. The number of rotatable bonds is 4. The summed E-state index contributed by atoms with van der Waals surface area (Å²) in [6.45, 7) is 4.14. The molecule has 14 heavy (non-hydrogen) atoms. The maximum Gasteiger partial charge on any atom is 0.0441 e. The third-order valence-corrected chi connectivity index (χ3v) is 2.76. The first-order valence-electron chi connectivity index (χ1n) is 4.88. The van der Waals surface area contributed by atoms with E-state index in [9.17, 15) is 0 Å². The van der Waals surface area contributed by atoms with Crippen LogP contribution in [0.5, 0.6) is 0 Å². The number of aryl methyl sites for hydroxylation is 1. The second kappa shape index (κ2) is 5.35. The molecule has 0 saturated carbocycles. The van der Waals surface area contributed by atoms with Crippen LogP contribution in [0.1, 0.15) is 24.5 Å². The van der Waals surface area contributed by atoms with E-state index in [1.807, 2.05) is 13.0 Å². The first kappa shape index (κ1) is 11.5. The number of hydrazine groups is 1. The lowest BCUT2D eigenvalue weighted by molar-refractivity contribution is 0.511. The molecule has 78 valence electrons. The van der Waals surface area contributed by atoms with Crippen LogP contribution in [-0.4, -0.2) is 6.04 Å². The summed E-state index contributed by atoms with van der Waals surface area (Å²) < 4.78 is 0. The maximum absolute atomic E-state index is 6.12. The van der Waals surface area contributed by atoms with Crippen LogP contribution in [0.4, 0.5) is 0 Å². The molecule has 3 N–H and O–H groups in total. The summed E-state index contributed by atoms with van der Waals surface area (Å²) in [6.07, 6.45) is 1.88. The van der Waals surface area contributed by atoms with Gasteiger partial charge in [-0.05, 0) is 37.0 Å². The van der Waals surface area contributed by atoms with Crippen molar-refractivity contribution in [1.29, 1.82) is 0 Å². The molecular formula is C11H17ClN2. The zero-order valence-corrected chi connectivity index (χ0v) is 9.43. The lowest BCUT2D eigenvalue weighted by atomic mass is 10.0. The largest absolute Gasteiger partial charge is 0.271 e. The van der Waals surface area contributed by atoms with Gasteiger partial charge in [-0.3, -0.25) is 11.3 Å². The fourth-order valence-corrected chi connectivity index (χ4v) is 1.72. The summed E-state index contributed by atoms with van der Waals surface area (Å²) in [5.41, 5.74) is 5.13. The van der Waals surface area contributed by atoms with Gasteiger partial charge in [-0.15, -0.1) is 0 Å². The quantitative estimate of drug-likeness (QED) is 0.595. The molecule has 1 aromatic carbocycles. The highest BCUT2D eigenvalue weighted by molar-refractivity contribution is 6.31. The van der Waals surface area contributed by atoms with Gasteiger partial charge in [-0.2, -0.15) is 0 Å². The Bertz CT molecular complexity index is 295. The molecule has 0 amide bonds. The molecule has 0 aliphatic carbocycles. The standard InChI is InChI=1S/C11H17ClN2/c1-3-10(14-13)7-9-5-4-8(2)6-11(9)12/h4-6,10,14H,3,7,13H2,1-2H3. The van der Waals surface area contributed by atoms with Gasteiger partial charge in [0.25, 0.3) is 0 Å². The van der Waals surface area contributed by atoms with E-state index in [1.54, 1.807) is 0 Å². The van der Waals surface area contributed by atoms with E-state index in [2.05, 4.69) is 24.5 Å². The van der Waals surface area contributed by atoms with Crippen LogP contribution in [0.2, 0.25) is 5.02 Å². The number of hydrogen-bond acceptors (Lipinski definition) is 2. The molecule has 0 aromatic heterocycles. The smallest absolute Gasteiger partial charge is 0.0441 e. The van der Waals surface area contributed by atoms with Crippen LogP contribution in [0.15, 0.2) is 18.2 Å². The van der Waals surface area contributed by atoms with E-state index < -0.39 is 0 Å². The Morgan fingerprint density at radius 1 is 1.50 bits per heavy atom. The summed E-state index contributed by atoms with van der Waals surface area (Å²) in [5.74, 6) is 5.42. The van der Waals surface area contributed by atoms with Crippen molar-refractivity contribution in [3.05, 3.63) is 34.3 Å². The Hall–Kier alpha value is -0.570. The van der Waals surface area contributed by atoms with Gasteiger partial charge in [-0.25, -0.2) is 0 Å². The number of benzene rings is 1. The highest BCUT2D eigenvalue weighted by Gasteiger charge is 2.07. The zero-order chi connectivity index (χ0) is 10.6. The average Bonchev–Trinajstić information content (AvgIpc) is 2.17. The molecule has 1 unspecified atom stereocenters. The normalized spacial score (nSPS) is 12.9. The number of halogens is 1. The molecule has 0 aliphatic heterocycles. The van der Waals surface area contributed by atoms with Crippen molar-refractivity contribution >= 4 is 11.6 Å². The van der Waals surface area contributed by atoms with Crippen LogP contribution < -0.4 is 11.3 Å². The second-order valence-corrected chi connectivity index (χ2v) is 3.98. The minimum atomic E-state index is 0.301. The zero-order valence-electron chi connectivity index (χ0n) is 8.68. The highest BCUT2D eigenvalue weighted by atomic mass is 35.5. The topological polar surface area (TPSA) is 38.0 Å². The summed E-state index contributed by atoms with van der Waals surface area (Å²) in [6, 6.07) is 6.43. The van der Waals surface area contributed by atoms with E-state index in [4.69, 9.17) is 17.4 Å². The molecule has 3 heteroatoms. The van der Waals surface area contributed by atoms with Crippen LogP contribution in [0, 0.1) is 6.92 Å². The first-order valence-corrected chi connectivity index (χ1v) is 5.26. The molecular weight excluding hydrogens is 196 g/mol. The van der Waals surface area contributed by atoms with Crippen molar-refractivity contribution in [2.75, 3.05) is 0 Å². The predicted octanol–water partition coefficient (Wildman–Crippen LogP) is 2.43. The van der Waals surface area contributed by atoms with Crippen molar-refractivity contribution in [2.24, 2.45) is 5.84 Å². The molecule has 0 heterocycles. The fourth-order valence-electron chi connectivity index (χ4n) is 1.40. The summed E-state index contributed by atoms with van der Waals surface area (Å²) >= 11 is 6.12. The molecule has 0 radical (unpaired) electrons. The average molecular weight is 213 g/mol. The third-order valence-electron chi connectivity index (χ3n) is 2.40. The maximum atomic E-state index is 6.12. The Kier molecular flexibility index (Phi) is 4.39. The van der Waals surface area contributed by atoms with E-state index in [0.717, 1.165) is 23.4 Å². The molecule has 2 nitrogen and oxygen atoms in total. The molecule has 0 saturated heterocycles. The number of nitrogens with two attached hydrogens (primary N) is 1. The Labute approximate surface area is 90.4 Å². The third kappa shape index (κ3) is 2.98. The van der Waals surface area contributed by atoms with Crippen LogP contribution >= 0.6 is 11.6 Å². The van der Waals surface area contributed by atoms with Crippen LogP contribution in [0.25, 0.3) is 0 Å². The molecule has 0 bridgehead atoms. The summed E-state index contributed by atoms with van der Waals surface area (Å²) in [4.78, 5) is 0. The van der Waals surface area contributed by atoms with Gasteiger partial charge in [-0.1, -0.05) is 30.7 Å². The van der Waals surface area contributed by atoms with Crippen molar-refractivity contribution in [3.63, 3.8) is 0 Å². The van der Waals surface area contributed by atoms with Crippen molar-refractivity contribution in [3.8, 4) is 0 Å². The van der Waals surface area contributed by atoms with Crippen molar-refractivity contribution < 1.29 is 0 Å². The van der Waals surface area contributed by atoms with Gasteiger partial charge >= 0.3 is 0 Å². The monoisotopic (exact) mass is 212 g/mol. The van der Waals surface area contributed by atoms with E-state index in [0.29, 0.717) is 6.04 Å². The fraction of sp³-hybridized carbons (Fsp3) is 0.455. The van der Waals surface area contributed by atoms with E-state index in [1.165, 1.54) is 5.56 Å². The molecule has 1 rings (SSSR count). The predicted molar refractivity (Wildman–Crippen MR) is 61.3 cm³/mol. The second-order valence-electron chi connectivity index (χ2n) is 3.57. The number of nitrogens with one attached hydrogen (secondary N) is 1. The molecule has 0 aliphatic rings. The minimum Gasteiger partial charge on any atom is -0.271 e. The van der Waals surface area contributed by atoms with E-state index >= 15 is 0 Å². The van der Waals surface area contributed by atoms with Crippen molar-refractivity contribution in [1.82, 2.24) is 5.43 Å². The lowest BCUT2D eigenvalue weighted by Crippen LogP contribution is -2.36. The minimum absolute atomic E-state index is 0.301. The van der Waals surface area contributed by atoms with Gasteiger partial charge in [0.15, 0.2) is 0 Å². The lowest BCUT2D eigenvalue weighted by Gasteiger charge is -2.14. The Morgan fingerprint density at radius 3 is 2.71 bits per heavy atom. The molecule has 1 atom stereocenters. The molecule has 1 aromatic rings. The SMILES string of the molecule is CCC(Cc1ccc(C)cc1Cl)NN. The summed E-state index contributed by atoms with van der Waals surface area (Å²) in [7, 11) is 0. The first-order chi connectivity index (χ1) is 6.67. The highest BCUT2D eigenvalue weighted by Crippen LogP contribution is 2.19. The van der Waals surface area contributed by atoms with Gasteiger partial charge in [0.05, 0.1) is 0 Å². The van der Waals surface area contributed by atoms with Crippen molar-refractivity contribution in [2.45, 2.75) is 32.7 Å². The van der Waals surface area contributed by atoms with Crippen LogP contribution in [-0.2, 0) is 6.42 Å².